The van der Waals surface area contributed by atoms with Gasteiger partial charge in [-0.15, -0.1) is 0 Å². The summed E-state index contributed by atoms with van der Waals surface area (Å²) in [4.78, 5) is 74.6. The van der Waals surface area contributed by atoms with Crippen molar-refractivity contribution in [1.29, 1.82) is 0 Å². The Kier molecular flexibility index (Phi) is 13.0. The molecule has 0 radical (unpaired) electrons. The zero-order valence-corrected chi connectivity index (χ0v) is 34.7. The molecule has 2 fully saturated rings. The highest BCUT2D eigenvalue weighted by Gasteiger charge is 2.70. The monoisotopic (exact) mass is 793 g/mol. The normalized spacial score (nSPS) is 21.7. The average Bonchev–Trinajstić information content (AvgIpc) is 3.50. The van der Waals surface area contributed by atoms with Gasteiger partial charge in [0.25, 0.3) is 15.9 Å². The highest BCUT2D eigenvalue weighted by atomic mass is 32.2. The second-order valence-corrected chi connectivity index (χ2v) is 19.2. The van der Waals surface area contributed by atoms with E-state index in [4.69, 9.17) is 0 Å². The molecule has 4 N–H and O–H groups in total. The van der Waals surface area contributed by atoms with Crippen LogP contribution in [0.3, 0.4) is 0 Å². The number of ketones is 1. The van der Waals surface area contributed by atoms with Gasteiger partial charge >= 0.3 is 6.03 Å². The summed E-state index contributed by atoms with van der Waals surface area (Å²) < 4.78 is 27.9. The van der Waals surface area contributed by atoms with Gasteiger partial charge in [0.2, 0.25) is 17.6 Å². The van der Waals surface area contributed by atoms with Crippen LogP contribution in [0.1, 0.15) is 78.9 Å². The van der Waals surface area contributed by atoms with Crippen LogP contribution in [0.25, 0.3) is 0 Å². The number of benzene rings is 1. The number of likely N-dealkylation sites (N-methyl/N-ethyl adjacent to an activating group) is 2. The van der Waals surface area contributed by atoms with Crippen LogP contribution in [0, 0.1) is 28.6 Å². The first-order valence-corrected chi connectivity index (χ1v) is 21.2. The summed E-state index contributed by atoms with van der Waals surface area (Å²) in [5, 5.41) is 11.2. The molecule has 1 saturated carbocycles. The average molecular weight is 794 g/mol. The van der Waals surface area contributed by atoms with Crippen molar-refractivity contribution in [1.82, 2.24) is 35.5 Å². The number of urea groups is 1. The fraction of sp³-hybridized carbons (Fsp3) is 0.610. The lowest BCUT2D eigenvalue weighted by atomic mass is 9.86. The van der Waals surface area contributed by atoms with E-state index in [9.17, 15) is 32.4 Å². The molecule has 306 valence electrons. The summed E-state index contributed by atoms with van der Waals surface area (Å²) in [6, 6.07) is 8.25. The highest BCUT2D eigenvalue weighted by Crippen LogP contribution is 2.65. The van der Waals surface area contributed by atoms with Crippen molar-refractivity contribution >= 4 is 39.6 Å². The summed E-state index contributed by atoms with van der Waals surface area (Å²) in [6.07, 6.45) is 4.13. The van der Waals surface area contributed by atoms with Gasteiger partial charge in [-0.05, 0) is 78.0 Å². The van der Waals surface area contributed by atoms with Crippen LogP contribution in [0.5, 0.6) is 0 Å². The van der Waals surface area contributed by atoms with Gasteiger partial charge < -0.3 is 26.2 Å². The van der Waals surface area contributed by atoms with E-state index >= 15 is 0 Å². The number of aromatic nitrogens is 1. The Morgan fingerprint density at radius 2 is 1.61 bits per heavy atom. The van der Waals surface area contributed by atoms with Crippen molar-refractivity contribution < 1.29 is 32.4 Å². The summed E-state index contributed by atoms with van der Waals surface area (Å²) in [5.74, 6) is -2.83. The number of likely N-dealkylation sites (tertiary alicyclic amines) is 1. The molecule has 1 aliphatic heterocycles. The molecule has 15 heteroatoms. The molecule has 14 nitrogen and oxygen atoms in total. The topological polar surface area (TPSA) is 187 Å². The molecule has 3 aliphatic rings. The second kappa shape index (κ2) is 17.0. The number of unbranched alkanes of at least 4 members (excludes halogenated alkanes) is 1. The largest absolute Gasteiger partial charge is 0.350 e. The Morgan fingerprint density at radius 1 is 0.964 bits per heavy atom. The lowest BCUT2D eigenvalue weighted by Gasteiger charge is -2.37. The van der Waals surface area contributed by atoms with Gasteiger partial charge in [0.1, 0.15) is 12.1 Å². The maximum atomic E-state index is 14.9. The highest BCUT2D eigenvalue weighted by molar-refractivity contribution is 7.89. The van der Waals surface area contributed by atoms with Crippen molar-refractivity contribution in [2.75, 3.05) is 26.7 Å². The van der Waals surface area contributed by atoms with Crippen molar-refractivity contribution in [2.24, 2.45) is 28.6 Å². The molecule has 1 unspecified atom stereocenters. The van der Waals surface area contributed by atoms with E-state index in [0.29, 0.717) is 25.8 Å². The van der Waals surface area contributed by atoms with E-state index in [1.807, 2.05) is 52.0 Å². The number of hydrogen-bond donors (Lipinski definition) is 4. The van der Waals surface area contributed by atoms with Crippen LogP contribution < -0.4 is 21.3 Å². The molecular formula is C41H59N7O7S. The SMILES string of the molecule is CCCCC(NC(=O)[C@@H]1[C@@H]2[C@H](CN1C(=O)[C@@H](NC(=O)N[C@H](CN(C)S(=O)(=O)c1ccccn1)C(C)(C)C)C1Cc3ccccc3C1)C2(C)C)C(=O)C(=O)NCC. The number of carbonyl (C=O) groups excluding carboxylic acids is 5. The van der Waals surface area contributed by atoms with Gasteiger partial charge in [-0.2, -0.15) is 4.31 Å². The number of pyridine rings is 1. The maximum absolute atomic E-state index is 14.9. The predicted octanol–water partition coefficient (Wildman–Crippen LogP) is 3.06. The quantitative estimate of drug-likeness (QED) is 0.187. The minimum absolute atomic E-state index is 0.0347. The van der Waals surface area contributed by atoms with Gasteiger partial charge in [0.05, 0.1) is 6.04 Å². The summed E-state index contributed by atoms with van der Waals surface area (Å²) >= 11 is 0. The Hall–Kier alpha value is -4.37. The van der Waals surface area contributed by atoms with E-state index in [1.54, 1.807) is 24.0 Å². The summed E-state index contributed by atoms with van der Waals surface area (Å²) in [7, 11) is -2.53. The molecule has 2 heterocycles. The Morgan fingerprint density at radius 3 is 2.18 bits per heavy atom. The Bertz CT molecular complexity index is 1870. The Labute approximate surface area is 331 Å². The number of hydrogen-bond acceptors (Lipinski definition) is 8. The lowest BCUT2D eigenvalue weighted by molar-refractivity contribution is -0.144. The van der Waals surface area contributed by atoms with Crippen molar-refractivity contribution in [3.05, 3.63) is 59.8 Å². The van der Waals surface area contributed by atoms with Crippen LogP contribution in [-0.4, -0.2) is 103 Å². The molecule has 0 bridgehead atoms. The third-order valence-electron chi connectivity index (χ3n) is 12.0. The first kappa shape index (κ1) is 42.8. The molecule has 1 aromatic carbocycles. The standard InChI is InChI=1S/C41H59N7O7S/c1-9-11-18-29(35(49)37(51)42-10-2)44-36(50)34-32-28(41(32,6)7)23-48(34)38(52)33(27-21-25-16-12-13-17-26(25)22-27)46-39(53)45-30(40(3,4)5)24-47(8)56(54,55)31-19-14-15-20-43-31/h12-17,19-20,27-30,32-34H,9-11,18,21-24H2,1-8H3,(H,42,51)(H,44,50)(H2,45,46,53)/t28-,29?,30+,32-,33-,34-/m0/s1. The summed E-state index contributed by atoms with van der Waals surface area (Å²) in [5.41, 5.74) is 1.33. The smallest absolute Gasteiger partial charge is 0.315 e. The van der Waals surface area contributed by atoms with Crippen LogP contribution in [0.15, 0.2) is 53.7 Å². The van der Waals surface area contributed by atoms with Gasteiger partial charge in [-0.3, -0.25) is 19.2 Å². The molecule has 1 aromatic heterocycles. The predicted molar refractivity (Wildman–Crippen MR) is 211 cm³/mol. The molecule has 0 spiro atoms. The van der Waals surface area contributed by atoms with E-state index in [1.165, 1.54) is 19.3 Å². The number of fused-ring (bicyclic) bond motifs is 2. The molecule has 56 heavy (non-hydrogen) atoms. The van der Waals surface area contributed by atoms with Crippen LogP contribution in [-0.2, 0) is 42.0 Å². The fourth-order valence-corrected chi connectivity index (χ4v) is 9.54. The molecule has 6 atom stereocenters. The van der Waals surface area contributed by atoms with E-state index < -0.39 is 69.1 Å². The molecule has 2 aromatic rings. The van der Waals surface area contributed by atoms with Crippen LogP contribution >= 0.6 is 0 Å². The number of Topliss-reactive ketones (excluding diaryl/α,β-unsaturated/α-hetero) is 1. The van der Waals surface area contributed by atoms with E-state index in [2.05, 4.69) is 40.1 Å². The third-order valence-corrected chi connectivity index (χ3v) is 13.7. The first-order chi connectivity index (χ1) is 26.3. The van der Waals surface area contributed by atoms with E-state index in [-0.39, 0.29) is 47.7 Å². The lowest BCUT2D eigenvalue weighted by Crippen LogP contribution is -2.61. The zero-order valence-electron chi connectivity index (χ0n) is 33.9. The zero-order chi connectivity index (χ0) is 41.2. The van der Waals surface area contributed by atoms with Gasteiger partial charge in [0.15, 0.2) is 5.03 Å². The molecule has 1 saturated heterocycles. The second-order valence-electron chi connectivity index (χ2n) is 17.2. The molecule has 5 amide bonds. The number of nitrogens with one attached hydrogen (secondary N) is 4. The number of sulfonamides is 1. The Balaban J connectivity index is 1.40. The number of rotatable bonds is 16. The molecular weight excluding hydrogens is 735 g/mol. The van der Waals surface area contributed by atoms with Crippen LogP contribution in [0.4, 0.5) is 4.79 Å². The first-order valence-electron chi connectivity index (χ1n) is 19.8. The number of amides is 5. The minimum atomic E-state index is -3.97. The van der Waals surface area contributed by atoms with Gasteiger partial charge in [-0.25, -0.2) is 18.2 Å². The minimum Gasteiger partial charge on any atom is -0.350 e. The van der Waals surface area contributed by atoms with Gasteiger partial charge in [-0.1, -0.05) is 84.7 Å². The fourth-order valence-electron chi connectivity index (χ4n) is 8.43. The molecule has 2 aliphatic carbocycles. The van der Waals surface area contributed by atoms with Gasteiger partial charge in [0, 0.05) is 38.9 Å². The number of carbonyl (C=O) groups is 5. The number of piperidine rings is 1. The summed E-state index contributed by atoms with van der Waals surface area (Å²) in [6.45, 7) is 14.0. The third kappa shape index (κ3) is 9.09. The van der Waals surface area contributed by atoms with Crippen LogP contribution in [0.2, 0.25) is 0 Å². The van der Waals surface area contributed by atoms with E-state index in [0.717, 1.165) is 21.9 Å². The van der Waals surface area contributed by atoms with Crippen molar-refractivity contribution in [3.8, 4) is 0 Å². The maximum Gasteiger partial charge on any atom is 0.315 e. The molecule has 5 rings (SSSR count). The number of nitrogens with zero attached hydrogens (tertiary/aromatic N) is 3. The van der Waals surface area contributed by atoms with Crippen molar-refractivity contribution in [2.45, 2.75) is 110 Å². The van der Waals surface area contributed by atoms with Crippen molar-refractivity contribution in [3.63, 3.8) is 0 Å².